The molecule has 0 saturated heterocycles. The molecule has 5 heteroatoms. The first kappa shape index (κ1) is 18.2. The second-order valence-electron chi connectivity index (χ2n) is 6.86. The van der Waals surface area contributed by atoms with Crippen LogP contribution >= 0.6 is 0 Å². The highest BCUT2D eigenvalue weighted by molar-refractivity contribution is 5.94. The summed E-state index contributed by atoms with van der Waals surface area (Å²) in [6, 6.07) is 23.2. The van der Waals surface area contributed by atoms with Crippen LogP contribution in [-0.2, 0) is 4.79 Å². The van der Waals surface area contributed by atoms with Gasteiger partial charge in [-0.2, -0.15) is 0 Å². The molecule has 0 spiro atoms. The van der Waals surface area contributed by atoms with E-state index in [1.165, 1.54) is 12.1 Å². The van der Waals surface area contributed by atoms with E-state index in [1.807, 2.05) is 48.5 Å². The fraction of sp³-hybridized carbons (Fsp3) is 0.174. The van der Waals surface area contributed by atoms with Crippen molar-refractivity contribution in [3.8, 4) is 5.75 Å². The van der Waals surface area contributed by atoms with Gasteiger partial charge in [0.15, 0.2) is 6.04 Å². The largest absolute Gasteiger partial charge is 0.493 e. The average molecular weight is 377 g/mol. The summed E-state index contributed by atoms with van der Waals surface area (Å²) >= 11 is 0. The topological polar surface area (TPSA) is 54.9 Å². The van der Waals surface area contributed by atoms with E-state index in [0.29, 0.717) is 12.3 Å². The molecule has 0 unspecified atom stereocenters. The molecule has 1 aliphatic rings. The SMILES string of the molecule is O=C(Nc1ccc(F)cc1)[C@H]([NH2+][C@@H]1CCOc2ccccc21)c1ccccc1. The number of hydrogen-bond donors (Lipinski definition) is 2. The highest BCUT2D eigenvalue weighted by atomic mass is 19.1. The van der Waals surface area contributed by atoms with E-state index in [-0.39, 0.29) is 17.8 Å². The number of fused-ring (bicyclic) bond motifs is 1. The minimum atomic E-state index is -0.428. The van der Waals surface area contributed by atoms with Gasteiger partial charge in [0.1, 0.15) is 17.6 Å². The van der Waals surface area contributed by atoms with E-state index < -0.39 is 6.04 Å². The molecule has 0 saturated carbocycles. The van der Waals surface area contributed by atoms with Gasteiger partial charge in [0.25, 0.3) is 5.91 Å². The summed E-state index contributed by atoms with van der Waals surface area (Å²) in [6.07, 6.45) is 0.824. The lowest BCUT2D eigenvalue weighted by Crippen LogP contribution is -2.88. The molecule has 0 fully saturated rings. The predicted molar refractivity (Wildman–Crippen MR) is 105 cm³/mol. The number of anilines is 1. The number of para-hydroxylation sites is 1. The number of amides is 1. The second kappa shape index (κ2) is 8.23. The molecule has 1 aliphatic heterocycles. The number of quaternary nitrogens is 1. The molecule has 0 aliphatic carbocycles. The van der Waals surface area contributed by atoms with Crippen LogP contribution in [0.2, 0.25) is 0 Å². The van der Waals surface area contributed by atoms with Gasteiger partial charge in [-0.05, 0) is 36.4 Å². The van der Waals surface area contributed by atoms with E-state index in [0.717, 1.165) is 23.3 Å². The third-order valence-corrected chi connectivity index (χ3v) is 4.98. The number of carbonyl (C=O) groups is 1. The highest BCUT2D eigenvalue weighted by Gasteiger charge is 2.32. The maximum atomic E-state index is 13.2. The standard InChI is InChI=1S/C23H21FN2O2/c24-17-10-12-18(13-11-17)25-23(27)22(16-6-2-1-3-7-16)26-20-14-15-28-21-9-5-4-8-19(20)21/h1-13,20,22,26H,14-15H2,(H,25,27)/p+1/t20-,22-/m1/s1. The van der Waals surface area contributed by atoms with Gasteiger partial charge in [0.05, 0.1) is 12.2 Å². The lowest BCUT2D eigenvalue weighted by atomic mass is 9.97. The van der Waals surface area contributed by atoms with E-state index >= 15 is 0 Å². The molecule has 3 aromatic carbocycles. The van der Waals surface area contributed by atoms with Gasteiger partial charge in [-0.3, -0.25) is 4.79 Å². The summed E-state index contributed by atoms with van der Waals surface area (Å²) in [5, 5.41) is 5.01. The predicted octanol–water partition coefficient (Wildman–Crippen LogP) is 3.59. The van der Waals surface area contributed by atoms with Crippen molar-refractivity contribution >= 4 is 11.6 Å². The number of hydrogen-bond acceptors (Lipinski definition) is 2. The van der Waals surface area contributed by atoms with Gasteiger partial charge >= 0.3 is 0 Å². The van der Waals surface area contributed by atoms with Crippen LogP contribution in [0, 0.1) is 5.82 Å². The molecule has 3 aromatic rings. The van der Waals surface area contributed by atoms with Crippen molar-refractivity contribution in [1.29, 1.82) is 0 Å². The second-order valence-corrected chi connectivity index (χ2v) is 6.86. The first-order valence-corrected chi connectivity index (χ1v) is 9.39. The Kier molecular flexibility index (Phi) is 5.35. The third kappa shape index (κ3) is 4.05. The highest BCUT2D eigenvalue weighted by Crippen LogP contribution is 2.30. The quantitative estimate of drug-likeness (QED) is 0.714. The first-order chi connectivity index (χ1) is 13.7. The average Bonchev–Trinajstić information content (AvgIpc) is 2.74. The lowest BCUT2D eigenvalue weighted by Gasteiger charge is -2.27. The van der Waals surface area contributed by atoms with Crippen molar-refractivity contribution in [1.82, 2.24) is 0 Å². The summed E-state index contributed by atoms with van der Waals surface area (Å²) in [6.45, 7) is 0.624. The molecule has 4 rings (SSSR count). The summed E-state index contributed by atoms with van der Waals surface area (Å²) in [7, 11) is 0. The Hall–Kier alpha value is -3.18. The van der Waals surface area contributed by atoms with Crippen molar-refractivity contribution in [2.45, 2.75) is 18.5 Å². The Balaban J connectivity index is 1.60. The third-order valence-electron chi connectivity index (χ3n) is 4.98. The van der Waals surface area contributed by atoms with Crippen LogP contribution in [-0.4, -0.2) is 12.5 Å². The summed E-state index contributed by atoms with van der Waals surface area (Å²) in [4.78, 5) is 13.1. The van der Waals surface area contributed by atoms with Crippen molar-refractivity contribution < 1.29 is 19.2 Å². The van der Waals surface area contributed by atoms with Gasteiger partial charge in [-0.1, -0.05) is 42.5 Å². The smallest absolute Gasteiger partial charge is 0.287 e. The molecule has 2 atom stereocenters. The van der Waals surface area contributed by atoms with E-state index in [2.05, 4.69) is 16.7 Å². The Labute approximate surface area is 163 Å². The van der Waals surface area contributed by atoms with Crippen LogP contribution in [0.1, 0.15) is 29.6 Å². The number of ether oxygens (including phenoxy) is 1. The zero-order chi connectivity index (χ0) is 19.3. The molecular formula is C23H22FN2O2+. The summed E-state index contributed by atoms with van der Waals surface area (Å²) in [5.74, 6) is 0.408. The molecule has 0 bridgehead atoms. The Morgan fingerprint density at radius 1 is 1.00 bits per heavy atom. The van der Waals surface area contributed by atoms with Crippen LogP contribution in [0.5, 0.6) is 5.75 Å². The molecule has 142 valence electrons. The van der Waals surface area contributed by atoms with E-state index in [9.17, 15) is 9.18 Å². The van der Waals surface area contributed by atoms with Crippen LogP contribution in [0.4, 0.5) is 10.1 Å². The molecule has 0 radical (unpaired) electrons. The Bertz CT molecular complexity index is 944. The molecule has 1 amide bonds. The Morgan fingerprint density at radius 3 is 2.50 bits per heavy atom. The minimum Gasteiger partial charge on any atom is -0.493 e. The van der Waals surface area contributed by atoms with E-state index in [4.69, 9.17) is 4.74 Å². The summed E-state index contributed by atoms with van der Waals surface area (Å²) < 4.78 is 18.9. The van der Waals surface area contributed by atoms with Gasteiger partial charge in [-0.25, -0.2) is 4.39 Å². The number of benzene rings is 3. The molecule has 4 nitrogen and oxygen atoms in total. The van der Waals surface area contributed by atoms with Crippen molar-refractivity contribution in [3.05, 3.63) is 95.8 Å². The van der Waals surface area contributed by atoms with E-state index in [1.54, 1.807) is 12.1 Å². The molecular weight excluding hydrogens is 355 g/mol. The summed E-state index contributed by atoms with van der Waals surface area (Å²) in [5.41, 5.74) is 2.60. The minimum absolute atomic E-state index is 0.120. The molecule has 1 heterocycles. The normalized spacial score (nSPS) is 16.5. The maximum absolute atomic E-state index is 13.2. The molecule has 0 aromatic heterocycles. The van der Waals surface area contributed by atoms with Crippen molar-refractivity contribution in [2.75, 3.05) is 11.9 Å². The number of rotatable bonds is 5. The Morgan fingerprint density at radius 2 is 1.71 bits per heavy atom. The van der Waals surface area contributed by atoms with Crippen molar-refractivity contribution in [3.63, 3.8) is 0 Å². The monoisotopic (exact) mass is 377 g/mol. The zero-order valence-electron chi connectivity index (χ0n) is 15.3. The maximum Gasteiger partial charge on any atom is 0.287 e. The fourth-order valence-electron chi connectivity index (χ4n) is 3.57. The van der Waals surface area contributed by atoms with Crippen LogP contribution in [0.15, 0.2) is 78.9 Å². The number of nitrogens with one attached hydrogen (secondary N) is 1. The van der Waals surface area contributed by atoms with Crippen LogP contribution in [0.25, 0.3) is 0 Å². The van der Waals surface area contributed by atoms with Crippen LogP contribution in [0.3, 0.4) is 0 Å². The number of halogens is 1. The van der Waals surface area contributed by atoms with Crippen LogP contribution < -0.4 is 15.4 Å². The van der Waals surface area contributed by atoms with Gasteiger partial charge in [0.2, 0.25) is 0 Å². The van der Waals surface area contributed by atoms with Gasteiger partial charge in [0, 0.05) is 17.7 Å². The lowest BCUT2D eigenvalue weighted by molar-refractivity contribution is -0.723. The molecule has 28 heavy (non-hydrogen) atoms. The fourth-order valence-corrected chi connectivity index (χ4v) is 3.57. The molecule has 3 N–H and O–H groups in total. The van der Waals surface area contributed by atoms with Crippen molar-refractivity contribution in [2.24, 2.45) is 0 Å². The number of carbonyl (C=O) groups excluding carboxylic acids is 1. The first-order valence-electron chi connectivity index (χ1n) is 9.39. The van der Waals surface area contributed by atoms with Gasteiger partial charge < -0.3 is 15.4 Å². The zero-order valence-corrected chi connectivity index (χ0v) is 15.3. The van der Waals surface area contributed by atoms with Gasteiger partial charge in [-0.15, -0.1) is 0 Å². The number of nitrogens with two attached hydrogens (primary N) is 1.